The van der Waals surface area contributed by atoms with Gasteiger partial charge in [0.15, 0.2) is 11.6 Å². The van der Waals surface area contributed by atoms with Crippen molar-refractivity contribution in [2.24, 2.45) is 0 Å². The Balaban J connectivity index is 2.21. The van der Waals surface area contributed by atoms with Gasteiger partial charge in [0, 0.05) is 13.1 Å². The first-order valence-corrected chi connectivity index (χ1v) is 5.65. The van der Waals surface area contributed by atoms with Crippen LogP contribution in [0.25, 0.3) is 0 Å². The molecule has 1 aliphatic rings. The number of hydrogen-bond donors (Lipinski definition) is 2. The smallest absolute Gasteiger partial charge is 0.241 e. The van der Waals surface area contributed by atoms with Crippen LogP contribution < -0.4 is 15.4 Å². The third-order valence-corrected chi connectivity index (χ3v) is 2.62. The van der Waals surface area contributed by atoms with Crippen LogP contribution in [0.5, 0.6) is 5.75 Å². The Morgan fingerprint density at radius 3 is 2.94 bits per heavy atom. The Hall–Kier alpha value is -1.62. The van der Waals surface area contributed by atoms with Crippen LogP contribution in [0.1, 0.15) is 18.5 Å². The van der Waals surface area contributed by atoms with Gasteiger partial charge >= 0.3 is 0 Å². The van der Waals surface area contributed by atoms with Crippen LogP contribution in [-0.4, -0.2) is 25.6 Å². The predicted octanol–water partition coefficient (Wildman–Crippen LogP) is 0.985. The standard InChI is InChI=1S/C12H15FN2O2/c1-2-17-10-4-3-8(7-9(10)13)11-12(16)15-6-5-14-11/h3-4,7,11,14H,2,5-6H2,1H3,(H,15,16). The average Bonchev–Trinajstić information content (AvgIpc) is 2.33. The van der Waals surface area contributed by atoms with Gasteiger partial charge in [-0.1, -0.05) is 6.07 Å². The van der Waals surface area contributed by atoms with Gasteiger partial charge in [-0.05, 0) is 24.6 Å². The summed E-state index contributed by atoms with van der Waals surface area (Å²) >= 11 is 0. The Morgan fingerprint density at radius 2 is 2.29 bits per heavy atom. The van der Waals surface area contributed by atoms with Crippen molar-refractivity contribution < 1.29 is 13.9 Å². The second-order valence-corrected chi connectivity index (χ2v) is 3.80. The van der Waals surface area contributed by atoms with Gasteiger partial charge < -0.3 is 15.4 Å². The molecule has 0 saturated carbocycles. The van der Waals surface area contributed by atoms with Crippen LogP contribution in [0.2, 0.25) is 0 Å². The lowest BCUT2D eigenvalue weighted by Gasteiger charge is -2.24. The van der Waals surface area contributed by atoms with E-state index in [2.05, 4.69) is 10.6 Å². The largest absolute Gasteiger partial charge is 0.491 e. The number of carbonyl (C=O) groups is 1. The lowest BCUT2D eigenvalue weighted by atomic mass is 10.0. The van der Waals surface area contributed by atoms with E-state index in [1.807, 2.05) is 0 Å². The average molecular weight is 238 g/mol. The van der Waals surface area contributed by atoms with E-state index in [4.69, 9.17) is 4.74 Å². The quantitative estimate of drug-likeness (QED) is 0.825. The number of hydrogen-bond acceptors (Lipinski definition) is 3. The third-order valence-electron chi connectivity index (χ3n) is 2.62. The van der Waals surface area contributed by atoms with E-state index in [1.54, 1.807) is 19.1 Å². The summed E-state index contributed by atoms with van der Waals surface area (Å²) < 4.78 is 18.7. The monoisotopic (exact) mass is 238 g/mol. The molecule has 1 atom stereocenters. The molecule has 0 spiro atoms. The van der Waals surface area contributed by atoms with Gasteiger partial charge in [0.2, 0.25) is 5.91 Å². The topological polar surface area (TPSA) is 50.4 Å². The fourth-order valence-electron chi connectivity index (χ4n) is 1.84. The molecule has 1 saturated heterocycles. The summed E-state index contributed by atoms with van der Waals surface area (Å²) in [5.41, 5.74) is 0.614. The highest BCUT2D eigenvalue weighted by Crippen LogP contribution is 2.23. The Morgan fingerprint density at radius 1 is 1.47 bits per heavy atom. The van der Waals surface area contributed by atoms with Crippen LogP contribution in [0.15, 0.2) is 18.2 Å². The maximum absolute atomic E-state index is 13.6. The number of piperazine rings is 1. The van der Waals surface area contributed by atoms with E-state index in [1.165, 1.54) is 6.07 Å². The molecule has 2 N–H and O–H groups in total. The normalized spacial score (nSPS) is 19.9. The summed E-state index contributed by atoms with van der Waals surface area (Å²) in [4.78, 5) is 11.6. The molecule has 1 heterocycles. The summed E-state index contributed by atoms with van der Waals surface area (Å²) in [6.45, 7) is 3.50. The molecule has 1 unspecified atom stereocenters. The number of rotatable bonds is 3. The molecular weight excluding hydrogens is 223 g/mol. The Bertz CT molecular complexity index is 423. The highest BCUT2D eigenvalue weighted by molar-refractivity contribution is 5.83. The summed E-state index contributed by atoms with van der Waals surface area (Å²) in [5, 5.41) is 5.78. The summed E-state index contributed by atoms with van der Waals surface area (Å²) in [6.07, 6.45) is 0. The molecule has 5 heteroatoms. The van der Waals surface area contributed by atoms with E-state index in [0.717, 1.165) is 0 Å². The van der Waals surface area contributed by atoms with Gasteiger partial charge in [-0.25, -0.2) is 4.39 Å². The molecule has 1 aromatic carbocycles. The zero-order valence-electron chi connectivity index (χ0n) is 9.63. The minimum Gasteiger partial charge on any atom is -0.491 e. The van der Waals surface area contributed by atoms with Crippen LogP contribution in [-0.2, 0) is 4.79 Å². The number of carbonyl (C=O) groups excluding carboxylic acids is 1. The van der Waals surface area contributed by atoms with Crippen LogP contribution in [0, 0.1) is 5.82 Å². The number of nitrogens with one attached hydrogen (secondary N) is 2. The van der Waals surface area contributed by atoms with Crippen molar-refractivity contribution in [3.05, 3.63) is 29.6 Å². The minimum absolute atomic E-state index is 0.125. The first-order valence-electron chi connectivity index (χ1n) is 5.65. The molecule has 0 bridgehead atoms. The number of benzene rings is 1. The van der Waals surface area contributed by atoms with Gasteiger partial charge in [0.1, 0.15) is 6.04 Å². The first kappa shape index (κ1) is 11.9. The second kappa shape index (κ2) is 5.14. The molecule has 2 rings (SSSR count). The fourth-order valence-corrected chi connectivity index (χ4v) is 1.84. The fraction of sp³-hybridized carbons (Fsp3) is 0.417. The van der Waals surface area contributed by atoms with Crippen molar-refractivity contribution in [2.75, 3.05) is 19.7 Å². The van der Waals surface area contributed by atoms with E-state index in [-0.39, 0.29) is 11.7 Å². The number of amides is 1. The second-order valence-electron chi connectivity index (χ2n) is 3.80. The molecule has 92 valence electrons. The van der Waals surface area contributed by atoms with Gasteiger partial charge in [-0.15, -0.1) is 0 Å². The maximum atomic E-state index is 13.6. The molecule has 17 heavy (non-hydrogen) atoms. The lowest BCUT2D eigenvalue weighted by molar-refractivity contribution is -0.124. The number of ether oxygens (including phenoxy) is 1. The van der Waals surface area contributed by atoms with E-state index < -0.39 is 11.9 Å². The molecule has 1 aliphatic heterocycles. The lowest BCUT2D eigenvalue weighted by Crippen LogP contribution is -2.47. The zero-order chi connectivity index (χ0) is 12.3. The minimum atomic E-state index is -0.478. The Kier molecular flexibility index (Phi) is 3.58. The molecule has 4 nitrogen and oxygen atoms in total. The van der Waals surface area contributed by atoms with E-state index >= 15 is 0 Å². The molecule has 0 aliphatic carbocycles. The van der Waals surface area contributed by atoms with Crippen molar-refractivity contribution >= 4 is 5.91 Å². The van der Waals surface area contributed by atoms with Crippen molar-refractivity contribution in [3.63, 3.8) is 0 Å². The molecule has 0 radical (unpaired) electrons. The Labute approximate surface area is 99.2 Å². The van der Waals surface area contributed by atoms with Crippen LogP contribution in [0.3, 0.4) is 0 Å². The highest BCUT2D eigenvalue weighted by atomic mass is 19.1. The molecule has 1 fully saturated rings. The predicted molar refractivity (Wildman–Crippen MR) is 61.3 cm³/mol. The van der Waals surface area contributed by atoms with Gasteiger partial charge in [-0.3, -0.25) is 4.79 Å². The van der Waals surface area contributed by atoms with Gasteiger partial charge in [0.05, 0.1) is 6.61 Å². The number of halogens is 1. The molecule has 1 aromatic rings. The first-order chi connectivity index (χ1) is 8.22. The van der Waals surface area contributed by atoms with Gasteiger partial charge in [0.25, 0.3) is 0 Å². The third kappa shape index (κ3) is 2.55. The maximum Gasteiger partial charge on any atom is 0.241 e. The molecule has 0 aromatic heterocycles. The van der Waals surface area contributed by atoms with Crippen molar-refractivity contribution in [1.82, 2.24) is 10.6 Å². The zero-order valence-corrected chi connectivity index (χ0v) is 9.63. The van der Waals surface area contributed by atoms with Gasteiger partial charge in [-0.2, -0.15) is 0 Å². The van der Waals surface area contributed by atoms with E-state index in [0.29, 0.717) is 25.3 Å². The molecular formula is C12H15FN2O2. The van der Waals surface area contributed by atoms with Crippen LogP contribution in [0.4, 0.5) is 4.39 Å². The summed E-state index contributed by atoms with van der Waals surface area (Å²) in [5.74, 6) is -0.350. The van der Waals surface area contributed by atoms with Crippen molar-refractivity contribution in [3.8, 4) is 5.75 Å². The summed E-state index contributed by atoms with van der Waals surface area (Å²) in [7, 11) is 0. The highest BCUT2D eigenvalue weighted by Gasteiger charge is 2.23. The van der Waals surface area contributed by atoms with Crippen molar-refractivity contribution in [2.45, 2.75) is 13.0 Å². The SMILES string of the molecule is CCOc1ccc(C2NCCNC2=O)cc1F. The van der Waals surface area contributed by atoms with Crippen molar-refractivity contribution in [1.29, 1.82) is 0 Å². The van der Waals surface area contributed by atoms with Crippen LogP contribution >= 0.6 is 0 Å². The summed E-state index contributed by atoms with van der Waals surface area (Å²) in [6, 6.07) is 4.12. The van der Waals surface area contributed by atoms with E-state index in [9.17, 15) is 9.18 Å². The molecule has 1 amide bonds.